The van der Waals surface area contributed by atoms with Crippen molar-refractivity contribution in [3.8, 4) is 0 Å². The molecule has 0 saturated carbocycles. The number of aromatic nitrogens is 1. The molecule has 1 atom stereocenters. The van der Waals surface area contributed by atoms with E-state index >= 15 is 0 Å². The van der Waals surface area contributed by atoms with Crippen LogP contribution in [0.2, 0.25) is 0 Å². The van der Waals surface area contributed by atoms with Crippen LogP contribution in [0, 0.1) is 0 Å². The summed E-state index contributed by atoms with van der Waals surface area (Å²) in [5.74, 6) is 0. The summed E-state index contributed by atoms with van der Waals surface area (Å²) in [4.78, 5) is 51.9. The number of methoxy groups -OCH3 is 1. The SMILES string of the molecule is CCC(OC)n1c(=O)c2c(N)c3c(=O)c4ccccc4c(=O)c3c(N)c2c1=O. The number of rotatable bonds is 3. The van der Waals surface area contributed by atoms with Crippen LogP contribution in [0.1, 0.15) is 19.6 Å². The number of hydrogen-bond acceptors (Lipinski definition) is 7. The van der Waals surface area contributed by atoms with Crippen LogP contribution in [0.3, 0.4) is 0 Å². The molecule has 0 bridgehead atoms. The van der Waals surface area contributed by atoms with Gasteiger partial charge in [-0.3, -0.25) is 19.2 Å². The van der Waals surface area contributed by atoms with Crippen molar-refractivity contribution in [3.05, 3.63) is 65.4 Å². The fourth-order valence-electron chi connectivity index (χ4n) is 3.90. The van der Waals surface area contributed by atoms with Crippen molar-refractivity contribution in [2.24, 2.45) is 0 Å². The molecule has 0 radical (unpaired) electrons. The van der Waals surface area contributed by atoms with E-state index in [1.807, 2.05) is 0 Å². The molecule has 0 fully saturated rings. The Morgan fingerprint density at radius 2 is 1.29 bits per heavy atom. The summed E-state index contributed by atoms with van der Waals surface area (Å²) < 4.78 is 6.14. The molecule has 0 spiro atoms. The van der Waals surface area contributed by atoms with E-state index in [0.29, 0.717) is 6.42 Å². The smallest absolute Gasteiger partial charge is 0.265 e. The third kappa shape index (κ3) is 2.03. The summed E-state index contributed by atoms with van der Waals surface area (Å²) in [6.07, 6.45) is -0.461. The zero-order valence-electron chi connectivity index (χ0n) is 15.2. The Hall–Kier alpha value is -3.52. The third-order valence-electron chi connectivity index (χ3n) is 5.22. The Bertz CT molecular complexity index is 1380. The Labute approximate surface area is 157 Å². The molecule has 4 rings (SSSR count). The second-order valence-electron chi connectivity index (χ2n) is 6.61. The molecule has 8 heteroatoms. The molecule has 4 aromatic rings. The minimum absolute atomic E-state index is 0.131. The number of benzene rings is 3. The summed E-state index contributed by atoms with van der Waals surface area (Å²) >= 11 is 0. The van der Waals surface area contributed by atoms with Gasteiger partial charge in [-0.1, -0.05) is 31.2 Å². The van der Waals surface area contributed by atoms with E-state index in [1.54, 1.807) is 19.1 Å². The third-order valence-corrected chi connectivity index (χ3v) is 5.22. The van der Waals surface area contributed by atoms with E-state index in [9.17, 15) is 19.2 Å². The highest BCUT2D eigenvalue weighted by molar-refractivity contribution is 6.20. The summed E-state index contributed by atoms with van der Waals surface area (Å²) in [5.41, 5.74) is 9.51. The Morgan fingerprint density at radius 1 is 0.857 bits per heavy atom. The van der Waals surface area contributed by atoms with E-state index in [2.05, 4.69) is 0 Å². The summed E-state index contributed by atoms with van der Waals surface area (Å²) in [7, 11) is 1.37. The van der Waals surface area contributed by atoms with Crippen molar-refractivity contribution in [1.29, 1.82) is 0 Å². The predicted molar refractivity (Wildman–Crippen MR) is 110 cm³/mol. The van der Waals surface area contributed by atoms with E-state index in [4.69, 9.17) is 16.2 Å². The van der Waals surface area contributed by atoms with Crippen LogP contribution in [0.4, 0.5) is 11.4 Å². The fourth-order valence-corrected chi connectivity index (χ4v) is 3.90. The average Bonchev–Trinajstić information content (AvgIpc) is 2.95. The van der Waals surface area contributed by atoms with E-state index < -0.39 is 28.2 Å². The van der Waals surface area contributed by atoms with Crippen molar-refractivity contribution < 1.29 is 4.74 Å². The maximum absolute atomic E-state index is 13.0. The lowest BCUT2D eigenvalue weighted by Gasteiger charge is -2.12. The predicted octanol–water partition coefficient (Wildman–Crippen LogP) is 0.984. The maximum Gasteiger partial charge on any atom is 0.265 e. The molecule has 3 aromatic carbocycles. The number of nitrogens with zero attached hydrogens (tertiary/aromatic N) is 1. The number of anilines is 2. The van der Waals surface area contributed by atoms with Gasteiger partial charge in [0.1, 0.15) is 6.23 Å². The zero-order valence-corrected chi connectivity index (χ0v) is 15.2. The van der Waals surface area contributed by atoms with Gasteiger partial charge in [0, 0.05) is 17.9 Å². The monoisotopic (exact) mass is 379 g/mol. The second-order valence-corrected chi connectivity index (χ2v) is 6.61. The highest BCUT2D eigenvalue weighted by Gasteiger charge is 2.27. The van der Waals surface area contributed by atoms with Gasteiger partial charge in [-0.15, -0.1) is 0 Å². The molecule has 0 aliphatic heterocycles. The van der Waals surface area contributed by atoms with E-state index in [0.717, 1.165) is 4.57 Å². The molecule has 0 amide bonds. The first-order valence-electron chi connectivity index (χ1n) is 8.69. The lowest BCUT2D eigenvalue weighted by atomic mass is 9.97. The first kappa shape index (κ1) is 17.9. The van der Waals surface area contributed by atoms with Crippen molar-refractivity contribution in [3.63, 3.8) is 0 Å². The molecule has 1 aromatic heterocycles. The molecule has 0 aliphatic rings. The van der Waals surface area contributed by atoms with Crippen molar-refractivity contribution in [2.45, 2.75) is 19.6 Å². The number of hydrogen-bond donors (Lipinski definition) is 2. The molecule has 28 heavy (non-hydrogen) atoms. The Morgan fingerprint density at radius 3 is 1.64 bits per heavy atom. The minimum atomic E-state index is -0.813. The van der Waals surface area contributed by atoms with Gasteiger partial charge in [0.2, 0.25) is 0 Å². The van der Waals surface area contributed by atoms with Crippen molar-refractivity contribution in [1.82, 2.24) is 4.57 Å². The van der Waals surface area contributed by atoms with Crippen LogP contribution in [0.5, 0.6) is 0 Å². The van der Waals surface area contributed by atoms with Crippen LogP contribution in [0.15, 0.2) is 43.4 Å². The highest BCUT2D eigenvalue weighted by Crippen LogP contribution is 2.31. The highest BCUT2D eigenvalue weighted by atomic mass is 16.5. The Balaban J connectivity index is 2.39. The standard InChI is InChI=1S/C20H17N3O5/c1-3-10(28-2)23-19(26)13-14(20(23)27)16(22)12-11(15(13)21)17(24)8-6-4-5-7-9(8)18(12)25/h4-7,10H,3,21-22H2,1-2H3. The van der Waals surface area contributed by atoms with Gasteiger partial charge in [0.15, 0.2) is 10.9 Å². The van der Waals surface area contributed by atoms with Crippen molar-refractivity contribution in [2.75, 3.05) is 18.6 Å². The first-order chi connectivity index (χ1) is 13.3. The average molecular weight is 379 g/mol. The lowest BCUT2D eigenvalue weighted by molar-refractivity contribution is 0.0370. The van der Waals surface area contributed by atoms with E-state index in [1.165, 1.54) is 19.2 Å². The summed E-state index contributed by atoms with van der Waals surface area (Å²) in [6.45, 7) is 1.75. The minimum Gasteiger partial charge on any atom is -0.397 e. The van der Waals surface area contributed by atoms with Gasteiger partial charge in [-0.25, -0.2) is 4.57 Å². The molecule has 8 nitrogen and oxygen atoms in total. The molecule has 1 heterocycles. The summed E-state index contributed by atoms with van der Waals surface area (Å²) in [5, 5.41) is -0.206. The number of nitrogens with two attached hydrogens (primary N) is 2. The van der Waals surface area contributed by atoms with Gasteiger partial charge in [-0.2, -0.15) is 0 Å². The second kappa shape index (κ2) is 6.00. The normalized spacial score (nSPS) is 12.9. The van der Waals surface area contributed by atoms with Crippen LogP contribution in [0.25, 0.3) is 32.3 Å². The molecule has 0 aliphatic carbocycles. The topological polar surface area (TPSA) is 134 Å². The van der Waals surface area contributed by atoms with Crippen LogP contribution >= 0.6 is 0 Å². The lowest BCUT2D eigenvalue weighted by Crippen LogP contribution is -2.30. The van der Waals surface area contributed by atoms with Gasteiger partial charge in [0.05, 0.1) is 32.9 Å². The quantitative estimate of drug-likeness (QED) is 0.308. The van der Waals surface area contributed by atoms with Gasteiger partial charge < -0.3 is 16.2 Å². The van der Waals surface area contributed by atoms with Gasteiger partial charge >= 0.3 is 0 Å². The molecule has 142 valence electrons. The Kier molecular flexibility index (Phi) is 3.83. The maximum atomic E-state index is 13.0. The van der Waals surface area contributed by atoms with Gasteiger partial charge in [-0.05, 0) is 6.42 Å². The van der Waals surface area contributed by atoms with Crippen LogP contribution in [-0.2, 0) is 4.74 Å². The molecule has 4 N–H and O–H groups in total. The van der Waals surface area contributed by atoms with Crippen molar-refractivity contribution >= 4 is 43.7 Å². The fraction of sp³-hybridized carbons (Fsp3) is 0.200. The number of ether oxygens (including phenoxy) is 1. The molecular formula is C20H17N3O5. The zero-order chi connectivity index (χ0) is 20.3. The molecule has 0 saturated heterocycles. The first-order valence-corrected chi connectivity index (χ1v) is 8.69. The summed E-state index contributed by atoms with van der Waals surface area (Å²) in [6, 6.07) is 6.28. The number of fused-ring (bicyclic) bond motifs is 3. The molecular weight excluding hydrogens is 362 g/mol. The van der Waals surface area contributed by atoms with E-state index in [-0.39, 0.29) is 43.7 Å². The van der Waals surface area contributed by atoms with Gasteiger partial charge in [0.25, 0.3) is 11.1 Å². The largest absolute Gasteiger partial charge is 0.397 e. The number of nitrogen functional groups attached to an aromatic ring is 2. The molecule has 1 unspecified atom stereocenters. The van der Waals surface area contributed by atoms with Crippen LogP contribution < -0.4 is 33.4 Å². The van der Waals surface area contributed by atoms with Crippen LogP contribution in [-0.4, -0.2) is 11.7 Å².